The van der Waals surface area contributed by atoms with E-state index in [1.807, 2.05) is 54.7 Å². The summed E-state index contributed by atoms with van der Waals surface area (Å²) in [5.41, 5.74) is 1.62. The smallest absolute Gasteiger partial charge is 0.246 e. The fourth-order valence-electron chi connectivity index (χ4n) is 3.26. The summed E-state index contributed by atoms with van der Waals surface area (Å²) < 4.78 is 18.0. The number of nitrogens with zero attached hydrogens (tertiary/aromatic N) is 4. The molecule has 0 N–H and O–H groups in total. The molecule has 0 radical (unpaired) electrons. The van der Waals surface area contributed by atoms with Crippen molar-refractivity contribution in [3.63, 3.8) is 0 Å². The van der Waals surface area contributed by atoms with E-state index in [9.17, 15) is 4.79 Å². The molecule has 1 amide bonds. The topological polar surface area (TPSA) is 78.7 Å². The molecule has 0 aliphatic carbocycles. The molecular formula is C23H24N4O4. The second-order valence-corrected chi connectivity index (χ2v) is 7.14. The first kappa shape index (κ1) is 20.5. The fourth-order valence-corrected chi connectivity index (χ4v) is 3.26. The van der Waals surface area contributed by atoms with Gasteiger partial charge in [-0.25, -0.2) is 4.68 Å². The Morgan fingerprint density at radius 3 is 2.61 bits per heavy atom. The van der Waals surface area contributed by atoms with Crippen LogP contribution in [0.3, 0.4) is 0 Å². The molecule has 0 atom stereocenters. The third-order valence-electron chi connectivity index (χ3n) is 5.06. The summed E-state index contributed by atoms with van der Waals surface area (Å²) in [6.45, 7) is 1.54. The van der Waals surface area contributed by atoms with Crippen LogP contribution in [0.25, 0.3) is 6.08 Å². The number of hydrogen-bond acceptors (Lipinski definition) is 6. The van der Waals surface area contributed by atoms with Gasteiger partial charge in [-0.15, -0.1) is 5.10 Å². The molecule has 160 valence electrons. The molecule has 1 aliphatic rings. The lowest BCUT2D eigenvalue weighted by Gasteiger charge is -2.38. The monoisotopic (exact) mass is 420 g/mol. The first-order chi connectivity index (χ1) is 15.2. The van der Waals surface area contributed by atoms with E-state index in [0.29, 0.717) is 31.2 Å². The minimum absolute atomic E-state index is 0.0428. The van der Waals surface area contributed by atoms with Crippen LogP contribution in [0, 0.1) is 0 Å². The van der Waals surface area contributed by atoms with E-state index < -0.39 is 0 Å². The van der Waals surface area contributed by atoms with Crippen molar-refractivity contribution < 1.29 is 19.0 Å². The summed E-state index contributed by atoms with van der Waals surface area (Å²) in [5, 5.41) is 8.34. The van der Waals surface area contributed by atoms with Crippen LogP contribution in [0.5, 0.6) is 17.2 Å². The lowest BCUT2D eigenvalue weighted by atomic mass is 10.1. The molecule has 1 aromatic heterocycles. The first-order valence-corrected chi connectivity index (χ1v) is 9.94. The van der Waals surface area contributed by atoms with E-state index in [1.54, 1.807) is 36.0 Å². The maximum atomic E-state index is 12.4. The number of likely N-dealkylation sites (tertiary alicyclic amines) is 1. The zero-order valence-electron chi connectivity index (χ0n) is 17.5. The van der Waals surface area contributed by atoms with Gasteiger partial charge in [0, 0.05) is 19.2 Å². The van der Waals surface area contributed by atoms with Crippen LogP contribution in [-0.2, 0) is 11.4 Å². The molecule has 1 saturated heterocycles. The van der Waals surface area contributed by atoms with E-state index in [0.717, 1.165) is 17.0 Å². The van der Waals surface area contributed by atoms with Gasteiger partial charge in [-0.3, -0.25) is 4.79 Å². The lowest BCUT2D eigenvalue weighted by molar-refractivity contribution is -0.131. The van der Waals surface area contributed by atoms with Crippen molar-refractivity contribution in [2.24, 2.45) is 0 Å². The number of methoxy groups -OCH3 is 2. The number of aromatic nitrogens is 3. The summed E-state index contributed by atoms with van der Waals surface area (Å²) >= 11 is 0. The Morgan fingerprint density at radius 2 is 1.87 bits per heavy atom. The summed E-state index contributed by atoms with van der Waals surface area (Å²) in [7, 11) is 3.17. The highest BCUT2D eigenvalue weighted by molar-refractivity contribution is 5.92. The number of amides is 1. The van der Waals surface area contributed by atoms with Crippen molar-refractivity contribution in [3.05, 3.63) is 72.1 Å². The number of ether oxygens (including phenoxy) is 3. The second kappa shape index (κ2) is 9.34. The van der Waals surface area contributed by atoms with Crippen LogP contribution < -0.4 is 14.2 Å². The average molecular weight is 420 g/mol. The van der Waals surface area contributed by atoms with E-state index in [2.05, 4.69) is 10.3 Å². The molecule has 2 heterocycles. The van der Waals surface area contributed by atoms with Crippen molar-refractivity contribution in [2.45, 2.75) is 12.6 Å². The summed E-state index contributed by atoms with van der Waals surface area (Å²) in [6.07, 6.45) is 5.21. The van der Waals surface area contributed by atoms with E-state index in [1.165, 1.54) is 0 Å². The largest absolute Gasteiger partial charge is 0.493 e. The minimum atomic E-state index is -0.0428. The van der Waals surface area contributed by atoms with Crippen molar-refractivity contribution in [2.75, 3.05) is 27.3 Å². The van der Waals surface area contributed by atoms with Crippen molar-refractivity contribution >= 4 is 12.0 Å². The Labute approximate surface area is 180 Å². The van der Waals surface area contributed by atoms with Crippen LogP contribution >= 0.6 is 0 Å². The number of benzene rings is 2. The van der Waals surface area contributed by atoms with Crippen LogP contribution in [0.2, 0.25) is 0 Å². The summed E-state index contributed by atoms with van der Waals surface area (Å²) in [5.74, 6) is 2.02. The Balaban J connectivity index is 1.27. The minimum Gasteiger partial charge on any atom is -0.493 e. The zero-order valence-corrected chi connectivity index (χ0v) is 17.5. The quantitative estimate of drug-likeness (QED) is 0.522. The standard InChI is InChI=1S/C23H24N4O4/c1-29-21-10-8-17(12-22(21)30-2)9-11-23(28)26-14-19(15-26)27-13-18(24-25-27)16-31-20-6-4-3-5-7-20/h3-13,19H,14-16H2,1-2H3/b11-9+. The second-order valence-electron chi connectivity index (χ2n) is 7.14. The predicted octanol–water partition coefficient (Wildman–Crippen LogP) is 2.97. The Morgan fingerprint density at radius 1 is 1.10 bits per heavy atom. The third kappa shape index (κ3) is 4.85. The number of carbonyl (C=O) groups excluding carboxylic acids is 1. The molecule has 0 unspecified atom stereocenters. The van der Waals surface area contributed by atoms with Gasteiger partial charge in [-0.1, -0.05) is 29.5 Å². The fraction of sp³-hybridized carbons (Fsp3) is 0.261. The highest BCUT2D eigenvalue weighted by Crippen LogP contribution is 2.28. The van der Waals surface area contributed by atoms with Crippen molar-refractivity contribution in [1.29, 1.82) is 0 Å². The van der Waals surface area contributed by atoms with Crippen LogP contribution in [0.1, 0.15) is 17.3 Å². The zero-order chi connectivity index (χ0) is 21.6. The average Bonchev–Trinajstić information content (AvgIpc) is 3.24. The van der Waals surface area contributed by atoms with Crippen LogP contribution in [0.15, 0.2) is 60.8 Å². The Kier molecular flexibility index (Phi) is 6.16. The van der Waals surface area contributed by atoms with E-state index >= 15 is 0 Å². The van der Waals surface area contributed by atoms with E-state index in [-0.39, 0.29) is 11.9 Å². The number of carbonyl (C=O) groups is 1. The van der Waals surface area contributed by atoms with Crippen molar-refractivity contribution in [1.82, 2.24) is 19.9 Å². The maximum Gasteiger partial charge on any atom is 0.246 e. The predicted molar refractivity (Wildman–Crippen MR) is 115 cm³/mol. The molecule has 0 bridgehead atoms. The number of hydrogen-bond donors (Lipinski definition) is 0. The van der Waals surface area contributed by atoms with Gasteiger partial charge < -0.3 is 19.1 Å². The normalized spacial score (nSPS) is 13.8. The molecule has 1 aliphatic heterocycles. The first-order valence-electron chi connectivity index (χ1n) is 9.94. The van der Waals surface area contributed by atoms with E-state index in [4.69, 9.17) is 14.2 Å². The SMILES string of the molecule is COc1ccc(/C=C/C(=O)N2CC(n3cc(COc4ccccc4)nn3)C2)cc1OC. The third-order valence-corrected chi connectivity index (χ3v) is 5.06. The molecule has 0 saturated carbocycles. The van der Waals surface area contributed by atoms with Gasteiger partial charge in [-0.05, 0) is 35.9 Å². The highest BCUT2D eigenvalue weighted by atomic mass is 16.5. The molecule has 8 heteroatoms. The summed E-state index contributed by atoms with van der Waals surface area (Å²) in [6, 6.07) is 15.2. The van der Waals surface area contributed by atoms with Gasteiger partial charge >= 0.3 is 0 Å². The number of rotatable bonds is 8. The molecular weight excluding hydrogens is 396 g/mol. The molecule has 2 aromatic carbocycles. The molecule has 31 heavy (non-hydrogen) atoms. The highest BCUT2D eigenvalue weighted by Gasteiger charge is 2.31. The van der Waals surface area contributed by atoms with Crippen LogP contribution in [0.4, 0.5) is 0 Å². The Hall–Kier alpha value is -3.81. The van der Waals surface area contributed by atoms with Gasteiger partial charge in [0.15, 0.2) is 11.5 Å². The van der Waals surface area contributed by atoms with Gasteiger partial charge in [0.1, 0.15) is 18.1 Å². The lowest BCUT2D eigenvalue weighted by Crippen LogP contribution is -2.50. The number of para-hydroxylation sites is 1. The molecule has 3 aromatic rings. The van der Waals surface area contributed by atoms with Crippen LogP contribution in [-0.4, -0.2) is 53.1 Å². The van der Waals surface area contributed by atoms with Gasteiger partial charge in [-0.2, -0.15) is 0 Å². The van der Waals surface area contributed by atoms with Crippen molar-refractivity contribution in [3.8, 4) is 17.2 Å². The van der Waals surface area contributed by atoms with Gasteiger partial charge in [0.2, 0.25) is 5.91 Å². The van der Waals surface area contributed by atoms with Gasteiger partial charge in [0.25, 0.3) is 0 Å². The molecule has 8 nitrogen and oxygen atoms in total. The molecule has 4 rings (SSSR count). The Bertz CT molecular complexity index is 1060. The summed E-state index contributed by atoms with van der Waals surface area (Å²) in [4.78, 5) is 14.2. The maximum absolute atomic E-state index is 12.4. The molecule has 0 spiro atoms. The van der Waals surface area contributed by atoms with Gasteiger partial charge in [0.05, 0.1) is 26.5 Å². The molecule has 1 fully saturated rings.